The Bertz CT molecular complexity index is 492. The molecule has 1 aromatic rings. The van der Waals surface area contributed by atoms with Gasteiger partial charge < -0.3 is 8.97 Å². The molecule has 0 aliphatic heterocycles. The van der Waals surface area contributed by atoms with Crippen LogP contribution in [0.25, 0.3) is 6.08 Å². The van der Waals surface area contributed by atoms with Crippen molar-refractivity contribution in [1.82, 2.24) is 4.23 Å². The minimum Gasteiger partial charge on any atom is -0.381 e. The molecule has 0 N–H and O–H groups in total. The first kappa shape index (κ1) is 20.6. The Labute approximate surface area is 147 Å². The molecule has 0 spiro atoms. The molecule has 1 unspecified atom stereocenters. The Balaban J connectivity index is 2.52. The summed E-state index contributed by atoms with van der Waals surface area (Å²) in [4.78, 5) is 0. The first-order valence-corrected chi connectivity index (χ1v) is 16.5. The van der Waals surface area contributed by atoms with Gasteiger partial charge in [-0.3, -0.25) is 0 Å². The number of nitrogens with zero attached hydrogens (tertiary/aromatic N) is 1. The Morgan fingerprint density at radius 1 is 1.17 bits per heavy atom. The maximum Gasteiger partial charge on any atom is 0.114 e. The molecule has 0 aromatic heterocycles. The van der Waals surface area contributed by atoms with E-state index in [2.05, 4.69) is 81.3 Å². The summed E-state index contributed by atoms with van der Waals surface area (Å²) >= 11 is 0. The fourth-order valence-corrected chi connectivity index (χ4v) is 13.6. The second-order valence-electron chi connectivity index (χ2n) is 8.08. The van der Waals surface area contributed by atoms with Gasteiger partial charge in [-0.25, -0.2) is 0 Å². The molecule has 0 saturated carbocycles. The van der Waals surface area contributed by atoms with Crippen LogP contribution in [0.3, 0.4) is 0 Å². The van der Waals surface area contributed by atoms with Gasteiger partial charge in [-0.05, 0) is 12.5 Å². The van der Waals surface area contributed by atoms with E-state index < -0.39 is 16.5 Å². The van der Waals surface area contributed by atoms with Gasteiger partial charge in [0.15, 0.2) is 0 Å². The lowest BCUT2D eigenvalue weighted by atomic mass is 10.2. The number of benzene rings is 1. The van der Waals surface area contributed by atoms with Crippen molar-refractivity contribution in [3.05, 3.63) is 36.4 Å². The van der Waals surface area contributed by atoms with Crippen LogP contribution in [0, 0.1) is 0 Å². The van der Waals surface area contributed by atoms with Gasteiger partial charge in [0.05, 0.1) is 6.10 Å². The molecule has 1 atom stereocenters. The smallest absolute Gasteiger partial charge is 0.114 e. The van der Waals surface area contributed by atoms with Crippen LogP contribution in [0.15, 0.2) is 30.8 Å². The molecular formula is C18H33NOSi3. The maximum absolute atomic E-state index is 6.13. The third-order valence-electron chi connectivity index (χ3n) is 3.83. The average molecular weight is 364 g/mol. The molecule has 0 saturated heterocycles. The zero-order valence-electron chi connectivity index (χ0n) is 15.9. The van der Waals surface area contributed by atoms with Gasteiger partial charge >= 0.3 is 0 Å². The Hall–Kier alpha value is -0.469. The zero-order valence-corrected chi connectivity index (χ0v) is 18.9. The number of rotatable bonds is 9. The van der Waals surface area contributed by atoms with Gasteiger partial charge in [-0.1, -0.05) is 81.4 Å². The van der Waals surface area contributed by atoms with Crippen LogP contribution < -0.4 is 5.19 Å². The zero-order chi connectivity index (χ0) is 17.7. The van der Waals surface area contributed by atoms with Gasteiger partial charge in [0.2, 0.25) is 0 Å². The van der Waals surface area contributed by atoms with Crippen LogP contribution >= 0.6 is 0 Å². The quantitative estimate of drug-likeness (QED) is 0.615. The second-order valence-corrected chi connectivity index (χ2v) is 19.5. The number of hydrogen-bond donors (Lipinski definition) is 0. The molecule has 0 aliphatic carbocycles. The van der Waals surface area contributed by atoms with Crippen molar-refractivity contribution in [3.8, 4) is 0 Å². The van der Waals surface area contributed by atoms with Gasteiger partial charge in [0, 0.05) is 12.8 Å². The molecule has 1 aromatic carbocycles. The topological polar surface area (TPSA) is 12.5 Å². The fourth-order valence-electron chi connectivity index (χ4n) is 2.91. The SMILES string of the molecule is C=Cc1cccc([Si]COC(C)CN([Si](C)(C)C)[Si](C)(C)C)c1. The largest absolute Gasteiger partial charge is 0.381 e. The lowest BCUT2D eigenvalue weighted by Gasteiger charge is -2.44. The molecule has 2 nitrogen and oxygen atoms in total. The third-order valence-corrected chi connectivity index (χ3v) is 12.5. The third kappa shape index (κ3) is 7.30. The second kappa shape index (κ2) is 8.58. The summed E-state index contributed by atoms with van der Waals surface area (Å²) in [6.45, 7) is 21.8. The number of hydrogen-bond acceptors (Lipinski definition) is 2. The lowest BCUT2D eigenvalue weighted by molar-refractivity contribution is 0.0924. The Morgan fingerprint density at radius 3 is 2.30 bits per heavy atom. The molecule has 128 valence electrons. The standard InChI is InChI=1S/C18H33NOSi3/c1-9-17-11-10-12-18(13-17)21-15-20-16(2)14-19(22(3,4)5)23(6,7)8/h9-13,16H,1,14-15H2,2-8H3. The highest BCUT2D eigenvalue weighted by Gasteiger charge is 2.35. The highest BCUT2D eigenvalue weighted by atomic mass is 28.4. The molecule has 0 fully saturated rings. The summed E-state index contributed by atoms with van der Waals surface area (Å²) < 4.78 is 8.93. The maximum atomic E-state index is 6.13. The molecular weight excluding hydrogens is 330 g/mol. The van der Waals surface area contributed by atoms with E-state index in [9.17, 15) is 0 Å². The van der Waals surface area contributed by atoms with Gasteiger partial charge in [-0.2, -0.15) is 0 Å². The molecule has 2 radical (unpaired) electrons. The van der Waals surface area contributed by atoms with Crippen molar-refractivity contribution >= 4 is 37.3 Å². The molecule has 0 aliphatic rings. The van der Waals surface area contributed by atoms with Crippen molar-refractivity contribution in [2.24, 2.45) is 0 Å². The highest BCUT2D eigenvalue weighted by Crippen LogP contribution is 2.20. The van der Waals surface area contributed by atoms with E-state index in [1.54, 1.807) is 0 Å². The van der Waals surface area contributed by atoms with Crippen LogP contribution in [0.1, 0.15) is 12.5 Å². The van der Waals surface area contributed by atoms with E-state index in [4.69, 9.17) is 4.74 Å². The highest BCUT2D eigenvalue weighted by molar-refractivity contribution is 6.89. The first-order chi connectivity index (χ1) is 10.5. The fraction of sp³-hybridized carbons (Fsp3) is 0.556. The summed E-state index contributed by atoms with van der Waals surface area (Å²) in [5.41, 5.74) is 1.19. The van der Waals surface area contributed by atoms with Crippen LogP contribution in [-0.2, 0) is 4.74 Å². The summed E-state index contributed by atoms with van der Waals surface area (Å²) in [5, 5.41) is 1.35. The van der Waals surface area contributed by atoms with Crippen molar-refractivity contribution < 1.29 is 4.74 Å². The van der Waals surface area contributed by atoms with Crippen molar-refractivity contribution in [1.29, 1.82) is 0 Å². The van der Waals surface area contributed by atoms with E-state index in [-0.39, 0.29) is 0 Å². The Morgan fingerprint density at radius 2 is 1.78 bits per heavy atom. The predicted molar refractivity (Wildman–Crippen MR) is 111 cm³/mol. The number of ether oxygens (including phenoxy) is 1. The molecule has 1 rings (SSSR count). The monoisotopic (exact) mass is 363 g/mol. The van der Waals surface area contributed by atoms with Crippen LogP contribution in [0.4, 0.5) is 0 Å². The average Bonchev–Trinajstić information content (AvgIpc) is 2.42. The van der Waals surface area contributed by atoms with E-state index >= 15 is 0 Å². The van der Waals surface area contributed by atoms with Crippen LogP contribution in [0.5, 0.6) is 0 Å². The minimum absolute atomic E-state index is 0.295. The van der Waals surface area contributed by atoms with E-state index in [0.717, 1.165) is 12.8 Å². The summed E-state index contributed by atoms with van der Waals surface area (Å²) in [6, 6.07) is 8.57. The van der Waals surface area contributed by atoms with E-state index in [0.29, 0.717) is 15.6 Å². The molecule has 0 bridgehead atoms. The summed E-state index contributed by atoms with van der Waals surface area (Å²) in [6.07, 6.45) is 3.01. The lowest BCUT2D eigenvalue weighted by Crippen LogP contribution is -2.61. The Kier molecular flexibility index (Phi) is 7.67. The molecule has 5 heteroatoms. The van der Waals surface area contributed by atoms with Crippen molar-refractivity contribution in [2.75, 3.05) is 12.8 Å². The van der Waals surface area contributed by atoms with Crippen LogP contribution in [0.2, 0.25) is 39.3 Å². The summed E-state index contributed by atoms with van der Waals surface area (Å²) in [7, 11) is -1.89. The summed E-state index contributed by atoms with van der Waals surface area (Å²) in [5.74, 6) is 0. The first-order valence-electron chi connectivity index (χ1n) is 8.40. The van der Waals surface area contributed by atoms with Crippen molar-refractivity contribution in [2.45, 2.75) is 52.3 Å². The van der Waals surface area contributed by atoms with Gasteiger partial charge in [-0.15, -0.1) is 0 Å². The molecule has 0 heterocycles. The van der Waals surface area contributed by atoms with Crippen LogP contribution in [-0.4, -0.2) is 49.1 Å². The minimum atomic E-state index is -1.29. The van der Waals surface area contributed by atoms with Gasteiger partial charge in [0.1, 0.15) is 26.0 Å². The predicted octanol–water partition coefficient (Wildman–Crippen LogP) is 3.99. The van der Waals surface area contributed by atoms with E-state index in [1.807, 2.05) is 6.08 Å². The van der Waals surface area contributed by atoms with E-state index in [1.165, 1.54) is 10.8 Å². The normalized spacial score (nSPS) is 14.1. The van der Waals surface area contributed by atoms with Gasteiger partial charge in [0.25, 0.3) is 0 Å². The molecule has 0 amide bonds. The van der Waals surface area contributed by atoms with Crippen molar-refractivity contribution in [3.63, 3.8) is 0 Å². The molecule has 23 heavy (non-hydrogen) atoms.